The van der Waals surface area contributed by atoms with Crippen molar-refractivity contribution in [2.45, 2.75) is 46.9 Å². The van der Waals surface area contributed by atoms with Crippen molar-refractivity contribution in [1.82, 2.24) is 15.1 Å². The molecule has 0 spiro atoms. The van der Waals surface area contributed by atoms with Crippen LogP contribution in [0.1, 0.15) is 38.4 Å². The Bertz CT molecular complexity index is 683. The molecule has 0 aliphatic carbocycles. The minimum Gasteiger partial charge on any atom is -0.473 e. The molecule has 0 saturated carbocycles. The van der Waals surface area contributed by atoms with E-state index in [9.17, 15) is 4.39 Å². The van der Waals surface area contributed by atoms with Crippen molar-refractivity contribution in [1.29, 1.82) is 0 Å². The Labute approximate surface area is 160 Å². The van der Waals surface area contributed by atoms with Crippen molar-refractivity contribution in [2.24, 2.45) is 5.41 Å². The first-order valence-electron chi connectivity index (χ1n) is 8.06. The molecule has 2 rings (SSSR count). The van der Waals surface area contributed by atoms with Crippen molar-refractivity contribution in [2.75, 3.05) is 7.05 Å². The first-order chi connectivity index (χ1) is 11.3. The van der Waals surface area contributed by atoms with Crippen LogP contribution in [0, 0.1) is 11.2 Å². The topological polar surface area (TPSA) is 39.1 Å². The van der Waals surface area contributed by atoms with Gasteiger partial charge in [0.15, 0.2) is 0 Å². The average molecular weight is 390 g/mol. The number of nitrogens with zero attached hydrogens (tertiary/aromatic N) is 2. The summed E-state index contributed by atoms with van der Waals surface area (Å²) < 4.78 is 21.5. The minimum absolute atomic E-state index is 0. The Kier molecular flexibility index (Phi) is 8.19. The lowest BCUT2D eigenvalue weighted by atomic mass is 9.92. The van der Waals surface area contributed by atoms with Crippen molar-refractivity contribution < 1.29 is 9.13 Å². The molecule has 1 aromatic carbocycles. The van der Waals surface area contributed by atoms with Crippen molar-refractivity contribution >= 4 is 24.0 Å². The highest BCUT2D eigenvalue weighted by molar-refractivity contribution is 6.30. The fraction of sp³-hybridized carbons (Fsp3) is 0.500. The number of hydrogen-bond donors (Lipinski definition) is 1. The Hall–Kier alpha value is -1.30. The summed E-state index contributed by atoms with van der Waals surface area (Å²) >= 11 is 5.93. The van der Waals surface area contributed by atoms with Crippen molar-refractivity contribution in [3.8, 4) is 5.88 Å². The number of benzene rings is 1. The highest BCUT2D eigenvalue weighted by Gasteiger charge is 2.15. The van der Waals surface area contributed by atoms with Crippen LogP contribution in [-0.4, -0.2) is 16.8 Å². The van der Waals surface area contributed by atoms with Gasteiger partial charge < -0.3 is 10.1 Å². The van der Waals surface area contributed by atoms with Gasteiger partial charge in [0.25, 0.3) is 0 Å². The quantitative estimate of drug-likeness (QED) is 0.736. The molecule has 4 nitrogen and oxygen atoms in total. The number of hydrogen-bond acceptors (Lipinski definition) is 3. The van der Waals surface area contributed by atoms with Crippen molar-refractivity contribution in [3.05, 3.63) is 46.4 Å². The van der Waals surface area contributed by atoms with Gasteiger partial charge in [-0.25, -0.2) is 9.07 Å². The lowest BCUT2D eigenvalue weighted by Crippen LogP contribution is -2.13. The number of halogens is 3. The van der Waals surface area contributed by atoms with Gasteiger partial charge >= 0.3 is 0 Å². The summed E-state index contributed by atoms with van der Waals surface area (Å²) in [6.07, 6.45) is 0.968. The molecule has 1 heterocycles. The van der Waals surface area contributed by atoms with Gasteiger partial charge in [-0.3, -0.25) is 0 Å². The van der Waals surface area contributed by atoms with Gasteiger partial charge in [0.05, 0.1) is 5.69 Å². The predicted octanol–water partition coefficient (Wildman–Crippen LogP) is 4.83. The molecule has 7 heteroatoms. The molecule has 0 unspecified atom stereocenters. The van der Waals surface area contributed by atoms with Gasteiger partial charge in [-0.05, 0) is 37.1 Å². The third-order valence-electron chi connectivity index (χ3n) is 3.61. The van der Waals surface area contributed by atoms with E-state index in [1.807, 2.05) is 17.8 Å². The van der Waals surface area contributed by atoms with E-state index in [-0.39, 0.29) is 30.2 Å². The van der Waals surface area contributed by atoms with E-state index in [1.165, 1.54) is 12.1 Å². The smallest absolute Gasteiger partial charge is 0.212 e. The van der Waals surface area contributed by atoms with E-state index < -0.39 is 0 Å². The minimum atomic E-state index is -0.324. The van der Waals surface area contributed by atoms with Gasteiger partial charge in [0, 0.05) is 29.7 Å². The first kappa shape index (κ1) is 21.7. The summed E-state index contributed by atoms with van der Waals surface area (Å²) in [7, 11) is 1.87. The highest BCUT2D eigenvalue weighted by Crippen LogP contribution is 2.23. The monoisotopic (exact) mass is 389 g/mol. The van der Waals surface area contributed by atoms with E-state index in [0.29, 0.717) is 23.0 Å². The number of aromatic nitrogens is 2. The molecule has 140 valence electrons. The molecule has 1 N–H and O–H groups in total. The molecule has 0 saturated heterocycles. The summed E-state index contributed by atoms with van der Waals surface area (Å²) in [6, 6.07) is 6.35. The number of nitrogens with one attached hydrogen (secondary N) is 1. The predicted molar refractivity (Wildman–Crippen MR) is 102 cm³/mol. The zero-order valence-corrected chi connectivity index (χ0v) is 16.7. The maximum atomic E-state index is 13.8. The van der Waals surface area contributed by atoms with Gasteiger partial charge in [-0.15, -0.1) is 12.4 Å². The third kappa shape index (κ3) is 6.84. The largest absolute Gasteiger partial charge is 0.473 e. The van der Waals surface area contributed by atoms with Crippen LogP contribution in [0.2, 0.25) is 5.02 Å². The van der Waals surface area contributed by atoms with Gasteiger partial charge in [-0.1, -0.05) is 32.4 Å². The zero-order valence-electron chi connectivity index (χ0n) is 15.1. The SMILES string of the molecule is CNCc1cc(OCc2cc(Cl)ccc2F)n(CCC(C)(C)C)n1.Cl. The average Bonchev–Trinajstić information content (AvgIpc) is 2.88. The fourth-order valence-corrected chi connectivity index (χ4v) is 2.44. The molecule has 1 aromatic heterocycles. The Morgan fingerprint density at radius 2 is 2.00 bits per heavy atom. The summed E-state index contributed by atoms with van der Waals surface area (Å²) in [4.78, 5) is 0. The second kappa shape index (κ2) is 9.41. The van der Waals surface area contributed by atoms with E-state index >= 15 is 0 Å². The van der Waals surface area contributed by atoms with Crippen LogP contribution in [0.3, 0.4) is 0 Å². The Morgan fingerprint density at radius 1 is 1.28 bits per heavy atom. The summed E-state index contributed by atoms with van der Waals surface area (Å²) in [5, 5.41) is 8.14. The standard InChI is InChI=1S/C18H25ClFN3O.ClH/c1-18(2,3)7-8-23-17(10-15(22-23)11-21-4)24-12-13-9-14(19)5-6-16(13)20;/h5-6,9-10,21H,7-8,11-12H2,1-4H3;1H. The number of ether oxygens (including phenoxy) is 1. The second-order valence-corrected chi connectivity index (χ2v) is 7.50. The summed E-state index contributed by atoms with van der Waals surface area (Å²) in [5.41, 5.74) is 1.53. The second-order valence-electron chi connectivity index (χ2n) is 7.06. The molecular weight excluding hydrogens is 364 g/mol. The van der Waals surface area contributed by atoms with Gasteiger partial charge in [-0.2, -0.15) is 5.10 Å². The highest BCUT2D eigenvalue weighted by atomic mass is 35.5. The lowest BCUT2D eigenvalue weighted by molar-refractivity contribution is 0.255. The normalized spacial score (nSPS) is 11.3. The van der Waals surface area contributed by atoms with E-state index in [2.05, 4.69) is 31.2 Å². The molecular formula is C18H26Cl2FN3O. The van der Waals surface area contributed by atoms with Crippen LogP contribution >= 0.6 is 24.0 Å². The van der Waals surface area contributed by atoms with E-state index in [0.717, 1.165) is 18.7 Å². The van der Waals surface area contributed by atoms with Crippen LogP contribution in [0.25, 0.3) is 0 Å². The Balaban J connectivity index is 0.00000312. The molecule has 0 fully saturated rings. The lowest BCUT2D eigenvalue weighted by Gasteiger charge is -2.18. The molecule has 0 bridgehead atoms. The van der Waals surface area contributed by atoms with Crippen LogP contribution in [0.4, 0.5) is 4.39 Å². The van der Waals surface area contributed by atoms with Gasteiger partial charge in [0.2, 0.25) is 5.88 Å². The van der Waals surface area contributed by atoms with E-state index in [1.54, 1.807) is 6.07 Å². The Morgan fingerprint density at radius 3 is 2.64 bits per heavy atom. The van der Waals surface area contributed by atoms with Crippen molar-refractivity contribution in [3.63, 3.8) is 0 Å². The molecule has 25 heavy (non-hydrogen) atoms. The molecule has 0 radical (unpaired) electrons. The number of rotatable bonds is 7. The zero-order chi connectivity index (χ0) is 17.7. The van der Waals surface area contributed by atoms with Crippen LogP contribution in [0.5, 0.6) is 5.88 Å². The molecule has 0 atom stereocenters. The molecule has 2 aromatic rings. The molecule has 0 aliphatic rings. The van der Waals surface area contributed by atoms with Gasteiger partial charge in [0.1, 0.15) is 12.4 Å². The maximum Gasteiger partial charge on any atom is 0.212 e. The number of aryl methyl sites for hydroxylation is 1. The van der Waals surface area contributed by atoms with Crippen LogP contribution < -0.4 is 10.1 Å². The maximum absolute atomic E-state index is 13.8. The third-order valence-corrected chi connectivity index (χ3v) is 3.84. The summed E-state index contributed by atoms with van der Waals surface area (Å²) in [6.45, 7) is 8.09. The fourth-order valence-electron chi connectivity index (χ4n) is 2.24. The molecule has 0 amide bonds. The van der Waals surface area contributed by atoms with Crippen LogP contribution in [-0.2, 0) is 19.7 Å². The first-order valence-corrected chi connectivity index (χ1v) is 8.44. The van der Waals surface area contributed by atoms with E-state index in [4.69, 9.17) is 16.3 Å². The summed E-state index contributed by atoms with van der Waals surface area (Å²) in [5.74, 6) is 0.319. The van der Waals surface area contributed by atoms with Crippen LogP contribution in [0.15, 0.2) is 24.3 Å². The molecule has 0 aliphatic heterocycles.